The van der Waals surface area contributed by atoms with Gasteiger partial charge in [-0.1, -0.05) is 85.8 Å². The van der Waals surface area contributed by atoms with Crippen LogP contribution in [0.2, 0.25) is 0 Å². The van der Waals surface area contributed by atoms with E-state index in [2.05, 4.69) is 15.6 Å². The van der Waals surface area contributed by atoms with Crippen molar-refractivity contribution in [3.63, 3.8) is 0 Å². The van der Waals surface area contributed by atoms with Crippen LogP contribution in [0.1, 0.15) is 83.2 Å². The van der Waals surface area contributed by atoms with Crippen molar-refractivity contribution in [2.24, 2.45) is 11.8 Å². The van der Waals surface area contributed by atoms with E-state index in [1.54, 1.807) is 41.4 Å². The predicted octanol–water partition coefficient (Wildman–Crippen LogP) is 0.181. The highest BCUT2D eigenvalue weighted by atomic mass is 16.7. The molecule has 25 heteroatoms. The molecule has 9 N–H and O–H groups in total. The van der Waals surface area contributed by atoms with Crippen LogP contribution in [0.3, 0.4) is 0 Å². The van der Waals surface area contributed by atoms with Gasteiger partial charge in [-0.2, -0.15) is 0 Å². The Hall–Kier alpha value is -4.91. The molecule has 10 rings (SSSR count). The molecule has 4 aromatic rings. The van der Waals surface area contributed by atoms with E-state index in [1.807, 2.05) is 30.3 Å². The molecule has 12 unspecified atom stereocenters. The highest BCUT2D eigenvalue weighted by Crippen LogP contribution is 2.42. The minimum Gasteiger partial charge on any atom is -0.422 e. The maximum absolute atomic E-state index is 14.2. The summed E-state index contributed by atoms with van der Waals surface area (Å²) in [5.74, 6) is -1.28. The minimum atomic E-state index is -1.79. The molecule has 4 saturated heterocycles. The average molecular weight is 1150 g/mol. The van der Waals surface area contributed by atoms with E-state index < -0.39 is 154 Å². The third-order valence-corrected chi connectivity index (χ3v) is 16.9. The number of nitrogens with one attached hydrogen (secondary N) is 1. The summed E-state index contributed by atoms with van der Waals surface area (Å²) in [6, 6.07) is 15.4. The summed E-state index contributed by atoms with van der Waals surface area (Å²) in [5, 5.41) is 102. The molecule has 6 aliphatic rings. The van der Waals surface area contributed by atoms with Crippen LogP contribution in [0.15, 0.2) is 76.1 Å². The van der Waals surface area contributed by atoms with E-state index in [-0.39, 0.29) is 36.8 Å². The first-order chi connectivity index (χ1) is 39.6. The molecule has 20 atom stereocenters. The third kappa shape index (κ3) is 13.4. The lowest BCUT2D eigenvalue weighted by Crippen LogP contribution is -2.67. The number of hydrogen-bond donors (Lipinski definition) is 9. The smallest absolute Gasteiger partial charge is 0.341 e. The van der Waals surface area contributed by atoms with E-state index in [0.29, 0.717) is 36.2 Å². The van der Waals surface area contributed by atoms with Crippen LogP contribution < -0.4 is 10.9 Å². The molecular formula is C57H77N5O20. The third-order valence-electron chi connectivity index (χ3n) is 16.9. The first-order valence-electron chi connectivity index (χ1n) is 28.6. The number of likely N-dealkylation sites (tertiary alicyclic amines) is 1. The minimum absolute atomic E-state index is 0.0141. The zero-order valence-electron chi connectivity index (χ0n) is 45.8. The Bertz CT molecular complexity index is 2780. The number of para-hydroxylation sites is 1. The SMILES string of the molecule is CC(=O)NC1C(O[C@@H](CC2CCCCC2)C(=O)N2CCC2)[C@@H](O)C(CO)O[C@H]1O[C@@H]1CC(CO[C@H]2OC(CO)[C@@H](O)C(OCc3cc4ccccc4oc3=O)C2O)CC(n2cc(-c3ccccc3)nn2)C1O[C@@H]1OC(C)[C@@H](O)C(O)C1O. The second kappa shape index (κ2) is 27.0. The second-order valence-corrected chi connectivity index (χ2v) is 22.7. The fourth-order valence-electron chi connectivity index (χ4n) is 12.2. The number of hydrogen-bond acceptors (Lipinski definition) is 22. The topological polar surface area (TPSA) is 346 Å². The number of aliphatic hydroxyl groups is 8. The van der Waals surface area contributed by atoms with Crippen LogP contribution >= 0.6 is 0 Å². The molecule has 4 aliphatic heterocycles. The summed E-state index contributed by atoms with van der Waals surface area (Å²) in [6.45, 7) is 1.78. The molecule has 450 valence electrons. The number of aliphatic hydroxyl groups excluding tert-OH is 8. The summed E-state index contributed by atoms with van der Waals surface area (Å²) in [4.78, 5) is 42.2. The Morgan fingerprint density at radius 2 is 1.45 bits per heavy atom. The lowest BCUT2D eigenvalue weighted by atomic mass is 9.81. The molecule has 25 nitrogen and oxygen atoms in total. The standard InChI is InChI=1S/C57H77N5O20/c1-29-44(66)47(69)48(70)57(76-29)82-50-37(62-24-36(59-60-62)33-14-7-4-8-15-33)20-32(27-75-56-49(71)52(46(68)42(26-64)81-56)74-28-35-23-34-16-9-10-17-38(34)78-54(35)73)22-39(50)79-55-43(58-30(2)65)51(45(67)41(25-63)80-55)77-40(53(72)61-18-11-19-61)21-31-12-5-3-6-13-31/h4,7-10,14-17,23-24,29,31-32,37,39-52,55-57,63-64,66-71H,3,5-6,11-13,18-22,25-28H2,1-2H3,(H,58,65)/t29?,32?,37?,39-,40+,41?,42?,43?,44-,45+,46-,47?,48?,49?,50?,51?,52?,55-,56+,57+/m1/s1. The number of carbonyl (C=O) groups excluding carboxylic acids is 2. The first kappa shape index (κ1) is 60.2. The van der Waals surface area contributed by atoms with Crippen molar-refractivity contribution in [1.82, 2.24) is 25.2 Å². The van der Waals surface area contributed by atoms with E-state index in [9.17, 15) is 55.2 Å². The molecule has 0 spiro atoms. The maximum Gasteiger partial charge on any atom is 0.341 e. The first-order valence-corrected chi connectivity index (χ1v) is 28.6. The van der Waals surface area contributed by atoms with Crippen LogP contribution in [0.5, 0.6) is 0 Å². The van der Waals surface area contributed by atoms with Crippen molar-refractivity contribution in [3.05, 3.63) is 82.8 Å². The van der Waals surface area contributed by atoms with Gasteiger partial charge in [0, 0.05) is 31.0 Å². The van der Waals surface area contributed by atoms with Gasteiger partial charge >= 0.3 is 5.63 Å². The number of fused-ring (bicyclic) bond motifs is 1. The summed E-state index contributed by atoms with van der Waals surface area (Å²) >= 11 is 0. The second-order valence-electron chi connectivity index (χ2n) is 22.7. The van der Waals surface area contributed by atoms with E-state index in [0.717, 1.165) is 44.1 Å². The van der Waals surface area contributed by atoms with Gasteiger partial charge in [0.05, 0.1) is 56.4 Å². The Kier molecular flexibility index (Phi) is 19.8. The maximum atomic E-state index is 14.2. The van der Waals surface area contributed by atoms with Gasteiger partial charge in [0.25, 0.3) is 5.91 Å². The van der Waals surface area contributed by atoms with Crippen LogP contribution in [-0.4, -0.2) is 216 Å². The number of aromatic nitrogens is 3. The molecule has 2 amide bonds. The van der Waals surface area contributed by atoms with Gasteiger partial charge in [0.15, 0.2) is 18.9 Å². The Balaban J connectivity index is 0.977. The molecule has 6 fully saturated rings. The van der Waals surface area contributed by atoms with Crippen molar-refractivity contribution in [3.8, 4) is 11.3 Å². The molecule has 2 saturated carbocycles. The lowest BCUT2D eigenvalue weighted by Gasteiger charge is -2.49. The Morgan fingerprint density at radius 1 is 0.744 bits per heavy atom. The highest BCUT2D eigenvalue weighted by Gasteiger charge is 2.54. The fourth-order valence-corrected chi connectivity index (χ4v) is 12.2. The van der Waals surface area contributed by atoms with Gasteiger partial charge in [0.2, 0.25) is 5.91 Å². The molecule has 2 aromatic heterocycles. The van der Waals surface area contributed by atoms with Crippen molar-refractivity contribution >= 4 is 22.8 Å². The number of benzene rings is 2. The van der Waals surface area contributed by atoms with Gasteiger partial charge < -0.3 is 93.4 Å². The van der Waals surface area contributed by atoms with Gasteiger partial charge in [-0.05, 0) is 56.6 Å². The van der Waals surface area contributed by atoms with Gasteiger partial charge in [-0.25, -0.2) is 9.48 Å². The van der Waals surface area contributed by atoms with Crippen molar-refractivity contribution in [2.75, 3.05) is 32.9 Å². The van der Waals surface area contributed by atoms with Crippen LogP contribution in [0, 0.1) is 11.8 Å². The molecule has 6 heterocycles. The summed E-state index contributed by atoms with van der Waals surface area (Å²) in [7, 11) is 0. The zero-order valence-corrected chi connectivity index (χ0v) is 45.8. The fraction of sp³-hybridized carbons (Fsp3) is 0.667. The largest absolute Gasteiger partial charge is 0.422 e. The molecule has 2 aromatic carbocycles. The van der Waals surface area contributed by atoms with Crippen molar-refractivity contribution in [2.45, 2.75) is 195 Å². The van der Waals surface area contributed by atoms with Crippen LogP contribution in [0.25, 0.3) is 22.2 Å². The lowest BCUT2D eigenvalue weighted by molar-refractivity contribution is -0.340. The normalized spacial score (nSPS) is 35.9. The van der Waals surface area contributed by atoms with Gasteiger partial charge in [-0.15, -0.1) is 5.10 Å². The van der Waals surface area contributed by atoms with E-state index in [4.69, 9.17) is 42.3 Å². The highest BCUT2D eigenvalue weighted by molar-refractivity contribution is 5.81. The number of rotatable bonds is 20. The quantitative estimate of drug-likeness (QED) is 0.0533. The average Bonchev–Trinajstić information content (AvgIpc) is 4.13. The summed E-state index contributed by atoms with van der Waals surface area (Å²) in [5.41, 5.74) is 0.958. The van der Waals surface area contributed by atoms with Crippen LogP contribution in [0.4, 0.5) is 0 Å². The monoisotopic (exact) mass is 1150 g/mol. The van der Waals surface area contributed by atoms with Crippen LogP contribution in [-0.2, 0) is 54.1 Å². The molecule has 2 aliphatic carbocycles. The zero-order chi connectivity index (χ0) is 57.8. The van der Waals surface area contributed by atoms with Gasteiger partial charge in [0.1, 0.15) is 90.6 Å². The summed E-state index contributed by atoms with van der Waals surface area (Å²) in [6.07, 6.45) is -16.7. The number of amides is 2. The van der Waals surface area contributed by atoms with Crippen molar-refractivity contribution < 1.29 is 92.8 Å². The number of carbonyl (C=O) groups is 2. The predicted molar refractivity (Wildman–Crippen MR) is 285 cm³/mol. The van der Waals surface area contributed by atoms with E-state index >= 15 is 0 Å². The molecule has 82 heavy (non-hydrogen) atoms. The molecule has 0 radical (unpaired) electrons. The Morgan fingerprint density at radius 3 is 2.16 bits per heavy atom. The summed E-state index contributed by atoms with van der Waals surface area (Å²) < 4.78 is 58.3. The van der Waals surface area contributed by atoms with Crippen molar-refractivity contribution in [1.29, 1.82) is 0 Å². The number of nitrogens with zero attached hydrogens (tertiary/aromatic N) is 4. The molecular weight excluding hydrogens is 1070 g/mol. The Labute approximate surface area is 472 Å². The van der Waals surface area contributed by atoms with Gasteiger partial charge in [-0.3, -0.25) is 9.59 Å². The number of ether oxygens (including phenoxy) is 8. The molecule has 0 bridgehead atoms. The van der Waals surface area contributed by atoms with E-state index in [1.165, 1.54) is 18.5 Å².